The Hall–Kier alpha value is -1.55. The van der Waals surface area contributed by atoms with Gasteiger partial charge in [-0.1, -0.05) is 49.2 Å². The zero-order valence-corrected chi connectivity index (χ0v) is 11.5. The molecule has 1 saturated carbocycles. The third-order valence-electron chi connectivity index (χ3n) is 4.07. The molecule has 1 aliphatic rings. The molecule has 0 amide bonds. The Kier molecular flexibility index (Phi) is 4.80. The molecule has 4 N–H and O–H groups in total. The second-order valence-electron chi connectivity index (χ2n) is 5.39. The monoisotopic (exact) mass is 261 g/mol. The molecule has 19 heavy (non-hydrogen) atoms. The number of oxime groups is 1. The summed E-state index contributed by atoms with van der Waals surface area (Å²) in [5, 5.41) is 15.5. The number of benzene rings is 1. The smallest absolute Gasteiger partial charge is 0.170 e. The summed E-state index contributed by atoms with van der Waals surface area (Å²) >= 11 is 0. The first kappa shape index (κ1) is 13.9. The van der Waals surface area contributed by atoms with E-state index < -0.39 is 0 Å². The molecule has 0 aliphatic heterocycles. The molecule has 4 heteroatoms. The van der Waals surface area contributed by atoms with Gasteiger partial charge < -0.3 is 16.3 Å². The van der Waals surface area contributed by atoms with E-state index in [2.05, 4.69) is 17.4 Å². The first-order chi connectivity index (χ1) is 9.22. The van der Waals surface area contributed by atoms with Crippen molar-refractivity contribution in [2.75, 3.05) is 0 Å². The highest BCUT2D eigenvalue weighted by molar-refractivity contribution is 5.98. The van der Waals surface area contributed by atoms with Gasteiger partial charge in [0, 0.05) is 18.2 Å². The average Bonchev–Trinajstić information content (AvgIpc) is 2.46. The minimum Gasteiger partial charge on any atom is -0.409 e. The van der Waals surface area contributed by atoms with E-state index in [1.807, 2.05) is 24.3 Å². The van der Waals surface area contributed by atoms with Gasteiger partial charge >= 0.3 is 0 Å². The fourth-order valence-electron chi connectivity index (χ4n) is 2.84. The van der Waals surface area contributed by atoms with Crippen LogP contribution in [0.3, 0.4) is 0 Å². The predicted octanol–water partition coefficient (Wildman–Crippen LogP) is 2.45. The number of amidine groups is 1. The Morgan fingerprint density at radius 2 is 2.11 bits per heavy atom. The largest absolute Gasteiger partial charge is 0.409 e. The number of hydrogen-bond acceptors (Lipinski definition) is 3. The minimum atomic E-state index is 0.175. The fraction of sp³-hybridized carbons (Fsp3) is 0.533. The lowest BCUT2D eigenvalue weighted by atomic mass is 9.86. The van der Waals surface area contributed by atoms with Gasteiger partial charge in [-0.15, -0.1) is 0 Å². The van der Waals surface area contributed by atoms with Gasteiger partial charge in [-0.05, 0) is 24.3 Å². The van der Waals surface area contributed by atoms with Gasteiger partial charge in [0.2, 0.25) is 0 Å². The van der Waals surface area contributed by atoms with Gasteiger partial charge in [0.1, 0.15) is 0 Å². The maximum atomic E-state index is 8.81. The summed E-state index contributed by atoms with van der Waals surface area (Å²) < 4.78 is 0. The highest BCUT2D eigenvalue weighted by atomic mass is 16.4. The molecule has 0 saturated heterocycles. The molecule has 0 aromatic heterocycles. The molecule has 1 aromatic rings. The van der Waals surface area contributed by atoms with Crippen molar-refractivity contribution in [3.8, 4) is 0 Å². The molecule has 1 aliphatic carbocycles. The van der Waals surface area contributed by atoms with Gasteiger partial charge in [-0.3, -0.25) is 0 Å². The summed E-state index contributed by atoms with van der Waals surface area (Å²) in [6, 6.07) is 8.37. The molecule has 0 bridgehead atoms. The third kappa shape index (κ3) is 3.47. The SMILES string of the molecule is CC1CCCCC1NCc1ccccc1C(N)=NO. The van der Waals surface area contributed by atoms with Gasteiger partial charge in [-0.25, -0.2) is 0 Å². The maximum absolute atomic E-state index is 8.81. The molecule has 0 radical (unpaired) electrons. The highest BCUT2D eigenvalue weighted by Gasteiger charge is 2.20. The number of nitrogens with one attached hydrogen (secondary N) is 1. The van der Waals surface area contributed by atoms with Crippen molar-refractivity contribution in [3.63, 3.8) is 0 Å². The van der Waals surface area contributed by atoms with Crippen molar-refractivity contribution in [1.82, 2.24) is 5.32 Å². The summed E-state index contributed by atoms with van der Waals surface area (Å²) in [4.78, 5) is 0. The number of nitrogens with zero attached hydrogens (tertiary/aromatic N) is 1. The second-order valence-corrected chi connectivity index (χ2v) is 5.39. The van der Waals surface area contributed by atoms with Crippen LogP contribution in [-0.2, 0) is 6.54 Å². The number of nitrogens with two attached hydrogens (primary N) is 1. The van der Waals surface area contributed by atoms with Crippen LogP contribution in [-0.4, -0.2) is 17.1 Å². The summed E-state index contributed by atoms with van der Waals surface area (Å²) in [5.74, 6) is 0.902. The van der Waals surface area contributed by atoms with E-state index in [1.54, 1.807) is 0 Å². The van der Waals surface area contributed by atoms with E-state index in [0.29, 0.717) is 6.04 Å². The molecule has 2 atom stereocenters. The summed E-state index contributed by atoms with van der Waals surface area (Å²) in [6.07, 6.45) is 5.20. The van der Waals surface area contributed by atoms with E-state index in [-0.39, 0.29) is 5.84 Å². The quantitative estimate of drug-likeness (QED) is 0.337. The van der Waals surface area contributed by atoms with Crippen LogP contribution in [0.15, 0.2) is 29.4 Å². The van der Waals surface area contributed by atoms with Crippen molar-refractivity contribution < 1.29 is 5.21 Å². The van der Waals surface area contributed by atoms with Gasteiger partial charge in [0.25, 0.3) is 0 Å². The molecule has 0 spiro atoms. The third-order valence-corrected chi connectivity index (χ3v) is 4.07. The van der Waals surface area contributed by atoms with E-state index in [1.165, 1.54) is 25.7 Å². The van der Waals surface area contributed by atoms with Crippen LogP contribution in [0.5, 0.6) is 0 Å². The Morgan fingerprint density at radius 3 is 2.84 bits per heavy atom. The Morgan fingerprint density at radius 1 is 1.37 bits per heavy atom. The Labute approximate surface area is 114 Å². The lowest BCUT2D eigenvalue weighted by Gasteiger charge is -2.30. The second kappa shape index (κ2) is 6.57. The van der Waals surface area contributed by atoms with Crippen molar-refractivity contribution in [2.45, 2.75) is 45.2 Å². The molecular formula is C15H23N3O. The normalized spacial score (nSPS) is 24.4. The zero-order valence-electron chi connectivity index (χ0n) is 11.5. The Bertz CT molecular complexity index is 445. The predicted molar refractivity (Wildman–Crippen MR) is 77.2 cm³/mol. The van der Waals surface area contributed by atoms with Crippen LogP contribution in [0.2, 0.25) is 0 Å². The van der Waals surface area contributed by atoms with Crippen molar-refractivity contribution >= 4 is 5.84 Å². The van der Waals surface area contributed by atoms with E-state index in [0.717, 1.165) is 23.6 Å². The summed E-state index contributed by atoms with van der Waals surface area (Å²) in [5.41, 5.74) is 7.59. The first-order valence-electron chi connectivity index (χ1n) is 7.01. The zero-order chi connectivity index (χ0) is 13.7. The number of rotatable bonds is 4. The molecule has 2 rings (SSSR count). The van der Waals surface area contributed by atoms with Crippen LogP contribution < -0.4 is 11.1 Å². The fourth-order valence-corrected chi connectivity index (χ4v) is 2.84. The molecule has 104 valence electrons. The summed E-state index contributed by atoms with van der Waals surface area (Å²) in [6.45, 7) is 3.08. The molecular weight excluding hydrogens is 238 g/mol. The van der Waals surface area contributed by atoms with Gasteiger partial charge in [0.05, 0.1) is 0 Å². The maximum Gasteiger partial charge on any atom is 0.170 e. The summed E-state index contributed by atoms with van der Waals surface area (Å²) in [7, 11) is 0. The van der Waals surface area contributed by atoms with Crippen molar-refractivity contribution in [1.29, 1.82) is 0 Å². The van der Waals surface area contributed by atoms with E-state index in [9.17, 15) is 0 Å². The van der Waals surface area contributed by atoms with Gasteiger partial charge in [-0.2, -0.15) is 0 Å². The van der Waals surface area contributed by atoms with Crippen LogP contribution >= 0.6 is 0 Å². The average molecular weight is 261 g/mol. The molecule has 0 heterocycles. The highest BCUT2D eigenvalue weighted by Crippen LogP contribution is 2.24. The molecule has 4 nitrogen and oxygen atoms in total. The van der Waals surface area contributed by atoms with Crippen LogP contribution in [0.1, 0.15) is 43.7 Å². The standard InChI is InChI=1S/C15H23N3O/c1-11-6-2-5-9-14(11)17-10-12-7-3-4-8-13(12)15(16)18-19/h3-4,7-8,11,14,17,19H,2,5-6,9-10H2,1H3,(H2,16,18). The van der Waals surface area contributed by atoms with Crippen LogP contribution in [0, 0.1) is 5.92 Å². The molecule has 2 unspecified atom stereocenters. The molecule has 1 fully saturated rings. The Balaban J connectivity index is 2.03. The van der Waals surface area contributed by atoms with Gasteiger partial charge in [0.15, 0.2) is 5.84 Å². The minimum absolute atomic E-state index is 0.175. The van der Waals surface area contributed by atoms with Crippen LogP contribution in [0.4, 0.5) is 0 Å². The van der Waals surface area contributed by atoms with E-state index in [4.69, 9.17) is 10.9 Å². The lowest BCUT2D eigenvalue weighted by molar-refractivity contribution is 0.279. The van der Waals surface area contributed by atoms with E-state index >= 15 is 0 Å². The first-order valence-corrected chi connectivity index (χ1v) is 7.01. The lowest BCUT2D eigenvalue weighted by Crippen LogP contribution is -2.37. The van der Waals surface area contributed by atoms with Crippen LogP contribution in [0.25, 0.3) is 0 Å². The number of hydrogen-bond donors (Lipinski definition) is 3. The molecule has 1 aromatic carbocycles. The van der Waals surface area contributed by atoms with Crippen molar-refractivity contribution in [3.05, 3.63) is 35.4 Å². The topological polar surface area (TPSA) is 70.6 Å². The van der Waals surface area contributed by atoms with Crippen molar-refractivity contribution in [2.24, 2.45) is 16.8 Å².